The molecule has 0 saturated heterocycles. The number of hydrogen-bond acceptors (Lipinski definition) is 4. The van der Waals surface area contributed by atoms with Gasteiger partial charge >= 0.3 is 0 Å². The van der Waals surface area contributed by atoms with E-state index in [4.69, 9.17) is 4.42 Å². The predicted molar refractivity (Wildman–Crippen MR) is 123 cm³/mol. The molecular formula is C24H22BrN3O2. The highest BCUT2D eigenvalue weighted by molar-refractivity contribution is 9.10. The summed E-state index contributed by atoms with van der Waals surface area (Å²) in [5, 5.41) is 7.07. The van der Waals surface area contributed by atoms with Crippen molar-refractivity contribution in [2.45, 2.75) is 26.8 Å². The molecule has 2 aromatic heterocycles. The molecule has 0 radical (unpaired) electrons. The Morgan fingerprint density at radius 2 is 1.83 bits per heavy atom. The Balaban J connectivity index is 1.56. The summed E-state index contributed by atoms with van der Waals surface area (Å²) in [7, 11) is 0. The Morgan fingerprint density at radius 1 is 1.07 bits per heavy atom. The standard InChI is InChI=1S/C24H22BrN3O2/c1-3-16-4-6-17(7-5-16)14-26-24(29)21-13-22-19(10-11-30-22)23(28-21)27-18-8-9-20(25)15(2)12-18/h4-13H,3,14H2,1-2H3,(H,26,29)(H,27,28). The maximum atomic E-state index is 12.8. The maximum Gasteiger partial charge on any atom is 0.270 e. The number of rotatable bonds is 6. The largest absolute Gasteiger partial charge is 0.464 e. The number of carbonyl (C=O) groups excluding carboxylic acids is 1. The molecular weight excluding hydrogens is 442 g/mol. The number of benzene rings is 2. The average molecular weight is 464 g/mol. The number of anilines is 2. The minimum atomic E-state index is -0.247. The van der Waals surface area contributed by atoms with Gasteiger partial charge in [-0.25, -0.2) is 4.98 Å². The van der Waals surface area contributed by atoms with Crippen LogP contribution in [0.2, 0.25) is 0 Å². The number of nitrogens with one attached hydrogen (secondary N) is 2. The highest BCUT2D eigenvalue weighted by Crippen LogP contribution is 2.28. The van der Waals surface area contributed by atoms with E-state index in [1.54, 1.807) is 12.3 Å². The van der Waals surface area contributed by atoms with Crippen molar-refractivity contribution in [2.24, 2.45) is 0 Å². The number of halogens is 1. The molecule has 0 aliphatic rings. The minimum Gasteiger partial charge on any atom is -0.464 e. The lowest BCUT2D eigenvalue weighted by Gasteiger charge is -2.11. The van der Waals surface area contributed by atoms with E-state index in [9.17, 15) is 4.79 Å². The molecule has 152 valence electrons. The number of aromatic nitrogens is 1. The summed E-state index contributed by atoms with van der Waals surface area (Å²) in [5.74, 6) is 0.336. The van der Waals surface area contributed by atoms with Crippen LogP contribution in [0, 0.1) is 6.92 Å². The number of fused-ring (bicyclic) bond motifs is 1. The molecule has 2 N–H and O–H groups in total. The van der Waals surface area contributed by atoms with E-state index >= 15 is 0 Å². The number of aryl methyl sites for hydroxylation is 2. The lowest BCUT2D eigenvalue weighted by Crippen LogP contribution is -2.24. The third-order valence-electron chi connectivity index (χ3n) is 4.99. The molecule has 0 fully saturated rings. The molecule has 1 amide bonds. The fourth-order valence-electron chi connectivity index (χ4n) is 3.20. The van der Waals surface area contributed by atoms with Crippen LogP contribution in [0.25, 0.3) is 11.0 Å². The van der Waals surface area contributed by atoms with Crippen LogP contribution in [0.4, 0.5) is 11.5 Å². The first-order valence-electron chi connectivity index (χ1n) is 9.81. The number of hydrogen-bond donors (Lipinski definition) is 2. The second kappa shape index (κ2) is 8.71. The molecule has 0 bridgehead atoms. The van der Waals surface area contributed by atoms with Gasteiger partial charge in [-0.15, -0.1) is 0 Å². The SMILES string of the molecule is CCc1ccc(CNC(=O)c2cc3occc3c(Nc3ccc(Br)c(C)c3)n2)cc1. The number of carbonyl (C=O) groups is 1. The molecule has 0 spiro atoms. The molecule has 2 heterocycles. The molecule has 5 nitrogen and oxygen atoms in total. The van der Waals surface area contributed by atoms with Gasteiger partial charge in [-0.2, -0.15) is 0 Å². The first-order chi connectivity index (χ1) is 14.5. The van der Waals surface area contributed by atoms with Gasteiger partial charge in [-0.05, 0) is 54.3 Å². The Labute approximate surface area is 183 Å². The second-order valence-electron chi connectivity index (χ2n) is 7.13. The van der Waals surface area contributed by atoms with Crippen LogP contribution < -0.4 is 10.6 Å². The highest BCUT2D eigenvalue weighted by Gasteiger charge is 2.14. The number of amides is 1. The quantitative estimate of drug-likeness (QED) is 0.360. The average Bonchev–Trinajstić information content (AvgIpc) is 3.24. The second-order valence-corrected chi connectivity index (χ2v) is 7.98. The van der Waals surface area contributed by atoms with Crippen molar-refractivity contribution in [2.75, 3.05) is 5.32 Å². The van der Waals surface area contributed by atoms with Crippen LogP contribution >= 0.6 is 15.9 Å². The van der Waals surface area contributed by atoms with E-state index in [0.29, 0.717) is 23.6 Å². The highest BCUT2D eigenvalue weighted by atomic mass is 79.9. The lowest BCUT2D eigenvalue weighted by molar-refractivity contribution is 0.0946. The van der Waals surface area contributed by atoms with Gasteiger partial charge in [0.1, 0.15) is 17.1 Å². The summed E-state index contributed by atoms with van der Waals surface area (Å²) in [5.41, 5.74) is 5.22. The van der Waals surface area contributed by atoms with Gasteiger partial charge in [0.05, 0.1) is 11.6 Å². The molecule has 4 rings (SSSR count). The molecule has 4 aromatic rings. The van der Waals surface area contributed by atoms with E-state index < -0.39 is 0 Å². The zero-order chi connectivity index (χ0) is 21.1. The zero-order valence-corrected chi connectivity index (χ0v) is 18.4. The van der Waals surface area contributed by atoms with Gasteiger partial charge in [0.25, 0.3) is 5.91 Å². The monoisotopic (exact) mass is 463 g/mol. The van der Waals surface area contributed by atoms with Crippen molar-refractivity contribution in [3.05, 3.63) is 87.7 Å². The number of pyridine rings is 1. The van der Waals surface area contributed by atoms with Crippen molar-refractivity contribution >= 4 is 44.3 Å². The fraction of sp³-hybridized carbons (Fsp3) is 0.167. The van der Waals surface area contributed by atoms with Crippen molar-refractivity contribution in [1.82, 2.24) is 10.3 Å². The topological polar surface area (TPSA) is 67.2 Å². The first kappa shape index (κ1) is 20.2. The van der Waals surface area contributed by atoms with Crippen molar-refractivity contribution in [3.63, 3.8) is 0 Å². The molecule has 0 aliphatic heterocycles. The van der Waals surface area contributed by atoms with Crippen LogP contribution in [0.5, 0.6) is 0 Å². The maximum absolute atomic E-state index is 12.8. The molecule has 0 unspecified atom stereocenters. The van der Waals surface area contributed by atoms with Gasteiger partial charge in [0.15, 0.2) is 0 Å². The van der Waals surface area contributed by atoms with Crippen LogP contribution in [0.15, 0.2) is 69.8 Å². The van der Waals surface area contributed by atoms with Crippen LogP contribution in [0.1, 0.15) is 34.1 Å². The smallest absolute Gasteiger partial charge is 0.270 e. The molecule has 6 heteroatoms. The van der Waals surface area contributed by atoms with Gasteiger partial charge in [0, 0.05) is 22.8 Å². The normalized spacial score (nSPS) is 10.9. The Bertz CT molecular complexity index is 1200. The summed E-state index contributed by atoms with van der Waals surface area (Å²) in [6, 6.07) is 17.7. The van der Waals surface area contributed by atoms with E-state index in [-0.39, 0.29) is 5.91 Å². The van der Waals surface area contributed by atoms with Gasteiger partial charge in [0.2, 0.25) is 0 Å². The third kappa shape index (κ3) is 4.39. The first-order valence-corrected chi connectivity index (χ1v) is 10.6. The molecule has 0 atom stereocenters. The van der Waals surface area contributed by atoms with Crippen molar-refractivity contribution < 1.29 is 9.21 Å². The Hall–Kier alpha value is -3.12. The number of furan rings is 1. The van der Waals surface area contributed by atoms with Gasteiger partial charge < -0.3 is 15.1 Å². The summed E-state index contributed by atoms with van der Waals surface area (Å²) in [4.78, 5) is 17.3. The van der Waals surface area contributed by atoms with Crippen LogP contribution in [0.3, 0.4) is 0 Å². The van der Waals surface area contributed by atoms with E-state index in [2.05, 4.69) is 50.6 Å². The lowest BCUT2D eigenvalue weighted by atomic mass is 10.1. The summed E-state index contributed by atoms with van der Waals surface area (Å²) in [6.45, 7) is 4.58. The molecule has 30 heavy (non-hydrogen) atoms. The minimum absolute atomic E-state index is 0.247. The zero-order valence-electron chi connectivity index (χ0n) is 16.8. The molecule has 0 saturated carbocycles. The third-order valence-corrected chi connectivity index (χ3v) is 5.88. The fourth-order valence-corrected chi connectivity index (χ4v) is 3.45. The summed E-state index contributed by atoms with van der Waals surface area (Å²) < 4.78 is 6.59. The van der Waals surface area contributed by atoms with Crippen molar-refractivity contribution in [3.8, 4) is 0 Å². The van der Waals surface area contributed by atoms with Gasteiger partial charge in [-0.3, -0.25) is 4.79 Å². The van der Waals surface area contributed by atoms with E-state index in [1.807, 2.05) is 43.3 Å². The molecule has 0 aliphatic carbocycles. The van der Waals surface area contributed by atoms with Crippen LogP contribution in [-0.4, -0.2) is 10.9 Å². The van der Waals surface area contributed by atoms with Crippen LogP contribution in [-0.2, 0) is 13.0 Å². The molecule has 2 aromatic carbocycles. The van der Waals surface area contributed by atoms with E-state index in [1.165, 1.54) is 5.56 Å². The Kier molecular flexibility index (Phi) is 5.86. The summed E-state index contributed by atoms with van der Waals surface area (Å²) >= 11 is 3.51. The predicted octanol–water partition coefficient (Wildman–Crippen LogP) is 6.13. The Morgan fingerprint density at radius 3 is 2.57 bits per heavy atom. The van der Waals surface area contributed by atoms with Crippen molar-refractivity contribution in [1.29, 1.82) is 0 Å². The van der Waals surface area contributed by atoms with E-state index in [0.717, 1.165) is 33.1 Å². The summed E-state index contributed by atoms with van der Waals surface area (Å²) in [6.07, 6.45) is 2.59. The van der Waals surface area contributed by atoms with Gasteiger partial charge in [-0.1, -0.05) is 47.1 Å². The number of nitrogens with zero attached hydrogens (tertiary/aromatic N) is 1.